The molecule has 1 N–H and O–H groups in total. The molecule has 9 aliphatic rings. The maximum absolute atomic E-state index is 15.0. The molecule has 6 aliphatic carbocycles. The van der Waals surface area contributed by atoms with Crippen molar-refractivity contribution < 1.29 is 38.4 Å². The molecule has 1 saturated heterocycles. The van der Waals surface area contributed by atoms with Gasteiger partial charge in [0.2, 0.25) is 0 Å². The molecule has 0 aromatic heterocycles. The van der Waals surface area contributed by atoms with Gasteiger partial charge in [0, 0.05) is 46.8 Å². The van der Waals surface area contributed by atoms with Crippen LogP contribution in [0.2, 0.25) is 0 Å². The van der Waals surface area contributed by atoms with E-state index in [0.29, 0.717) is 48.1 Å². The monoisotopic (exact) mass is 628 g/mol. The van der Waals surface area contributed by atoms with E-state index in [4.69, 9.17) is 18.9 Å². The molecule has 8 heteroatoms. The summed E-state index contributed by atoms with van der Waals surface area (Å²) in [7, 11) is 0. The average molecular weight is 629 g/mol. The highest BCUT2D eigenvalue weighted by Crippen LogP contribution is 2.76. The van der Waals surface area contributed by atoms with Crippen LogP contribution in [0.4, 0.5) is 0 Å². The number of rotatable bonds is 6. The standard InChI is InChI=1S/C38H44O8/c1-18(2)9-10-21-30-26(25-22-12-13-36(8,44-30)32(25)34(22,4)5)29(41)27-28(40)23-15-20-16-24-35(6,7)46-37(33(20)42,14-11-19(3)43-17-39)38(23,24)45-31(21)27/h9,11,15,17,20,22,24-25,32,41H,10,12-14,16H2,1-8H3/t20-,22?,24?,25?,32?,36+,37?,38+/m0/s1. The molecule has 5 fully saturated rings. The lowest BCUT2D eigenvalue weighted by Gasteiger charge is -2.70. The minimum atomic E-state index is -1.52. The maximum atomic E-state index is 15.0. The lowest BCUT2D eigenvalue weighted by atomic mass is 9.37. The normalized spacial score (nSPS) is 39.5. The van der Waals surface area contributed by atoms with E-state index in [1.807, 2.05) is 27.7 Å². The van der Waals surface area contributed by atoms with Gasteiger partial charge in [-0.2, -0.15) is 0 Å². The number of hydrogen-bond acceptors (Lipinski definition) is 8. The van der Waals surface area contributed by atoms with Gasteiger partial charge in [0.1, 0.15) is 34.2 Å². The molecule has 8 nitrogen and oxygen atoms in total. The van der Waals surface area contributed by atoms with Gasteiger partial charge in [-0.3, -0.25) is 14.4 Å². The molecule has 8 atom stereocenters. The Hall–Kier alpha value is -3.39. The number of fused-ring (bicyclic) bond motifs is 3. The van der Waals surface area contributed by atoms with Crippen molar-refractivity contribution >= 4 is 18.0 Å². The lowest BCUT2D eigenvalue weighted by Crippen LogP contribution is -2.72. The molecule has 8 bridgehead atoms. The number of ketones is 2. The van der Waals surface area contributed by atoms with Gasteiger partial charge < -0.3 is 24.1 Å². The minimum Gasteiger partial charge on any atom is -0.507 e. The molecule has 244 valence electrons. The van der Waals surface area contributed by atoms with E-state index in [1.165, 1.54) is 0 Å². The largest absolute Gasteiger partial charge is 0.507 e. The number of hydrogen-bond donors (Lipinski definition) is 1. The third-order valence-electron chi connectivity index (χ3n) is 13.1. The molecule has 1 aromatic rings. The quantitative estimate of drug-likeness (QED) is 0.211. The molecule has 3 aliphatic heterocycles. The van der Waals surface area contributed by atoms with Gasteiger partial charge in [-0.25, -0.2) is 0 Å². The predicted octanol–water partition coefficient (Wildman–Crippen LogP) is 6.68. The van der Waals surface area contributed by atoms with Crippen molar-refractivity contribution in [1.29, 1.82) is 0 Å². The maximum Gasteiger partial charge on any atom is 0.298 e. The van der Waals surface area contributed by atoms with E-state index in [0.717, 1.165) is 29.5 Å². The Kier molecular flexibility index (Phi) is 5.83. The summed E-state index contributed by atoms with van der Waals surface area (Å²) in [4.78, 5) is 40.5. The number of benzene rings is 1. The zero-order valence-corrected chi connectivity index (χ0v) is 28.0. The van der Waals surface area contributed by atoms with Crippen molar-refractivity contribution in [1.82, 2.24) is 0 Å². The zero-order valence-electron chi connectivity index (χ0n) is 28.0. The van der Waals surface area contributed by atoms with Crippen LogP contribution in [-0.4, -0.2) is 45.5 Å². The Morgan fingerprint density at radius 2 is 1.80 bits per heavy atom. The molecule has 3 heterocycles. The number of Topliss-reactive ketones (excluding diaryl/α,β-unsaturated/α-hetero) is 2. The Morgan fingerprint density at radius 1 is 1.07 bits per heavy atom. The summed E-state index contributed by atoms with van der Waals surface area (Å²) in [6, 6.07) is 0. The van der Waals surface area contributed by atoms with Gasteiger partial charge >= 0.3 is 0 Å². The third-order valence-corrected chi connectivity index (χ3v) is 13.1. The Balaban J connectivity index is 1.39. The Labute approximate surface area is 270 Å². The van der Waals surface area contributed by atoms with Crippen molar-refractivity contribution in [3.05, 3.63) is 51.8 Å². The highest BCUT2D eigenvalue weighted by molar-refractivity contribution is 6.18. The van der Waals surface area contributed by atoms with Crippen LogP contribution in [0.5, 0.6) is 17.2 Å². The highest BCUT2D eigenvalue weighted by atomic mass is 16.6. The first-order valence-electron chi connectivity index (χ1n) is 16.8. The van der Waals surface area contributed by atoms with Gasteiger partial charge in [-0.05, 0) is 84.6 Å². The first-order valence-corrected chi connectivity index (χ1v) is 16.8. The predicted molar refractivity (Wildman–Crippen MR) is 169 cm³/mol. The van der Waals surface area contributed by atoms with E-state index in [2.05, 4.69) is 26.8 Å². The fourth-order valence-corrected chi connectivity index (χ4v) is 11.3. The minimum absolute atomic E-state index is 0.0457. The van der Waals surface area contributed by atoms with Crippen LogP contribution in [0, 0.1) is 29.1 Å². The molecule has 1 spiro atoms. The SMILES string of the molecule is CC(C)=CCc1c2c(c(O)c3c1O[C@]1(C)CCC4C3C1C4(C)C)C(=O)C1=C[C@H]3CC4C(C)(C)OC(CC=C(C)OC=O)(C3=O)[C@@]14O2. The fourth-order valence-electron chi connectivity index (χ4n) is 11.3. The number of aromatic hydroxyl groups is 1. The summed E-state index contributed by atoms with van der Waals surface area (Å²) in [5, 5.41) is 12.2. The number of carbonyl (C=O) groups is 3. The molecule has 46 heavy (non-hydrogen) atoms. The first-order chi connectivity index (χ1) is 21.6. The summed E-state index contributed by atoms with van der Waals surface area (Å²) in [5.74, 6) is 0.590. The summed E-state index contributed by atoms with van der Waals surface area (Å²) >= 11 is 0. The summed E-state index contributed by atoms with van der Waals surface area (Å²) in [6.45, 7) is 16.8. The number of allylic oxidation sites excluding steroid dienone is 4. The molecular weight excluding hydrogens is 584 g/mol. The van der Waals surface area contributed by atoms with Gasteiger partial charge in [0.05, 0.1) is 5.60 Å². The van der Waals surface area contributed by atoms with Crippen LogP contribution >= 0.6 is 0 Å². The van der Waals surface area contributed by atoms with Gasteiger partial charge in [0.15, 0.2) is 22.8 Å². The van der Waals surface area contributed by atoms with Gasteiger partial charge in [-0.1, -0.05) is 31.6 Å². The van der Waals surface area contributed by atoms with Crippen LogP contribution in [0.25, 0.3) is 0 Å². The van der Waals surface area contributed by atoms with Crippen molar-refractivity contribution in [2.24, 2.45) is 29.1 Å². The van der Waals surface area contributed by atoms with Gasteiger partial charge in [-0.15, -0.1) is 0 Å². The third kappa shape index (κ3) is 3.27. The lowest BCUT2D eigenvalue weighted by molar-refractivity contribution is -0.214. The summed E-state index contributed by atoms with van der Waals surface area (Å²) < 4.78 is 26.2. The van der Waals surface area contributed by atoms with Crippen molar-refractivity contribution in [2.75, 3.05) is 0 Å². The molecule has 0 amide bonds. The Bertz CT molecular complexity index is 1740. The van der Waals surface area contributed by atoms with Crippen LogP contribution in [-0.2, 0) is 25.5 Å². The van der Waals surface area contributed by atoms with E-state index in [-0.39, 0.29) is 52.5 Å². The second kappa shape index (κ2) is 8.94. The van der Waals surface area contributed by atoms with Crippen molar-refractivity contribution in [3.8, 4) is 17.2 Å². The van der Waals surface area contributed by atoms with E-state index >= 15 is 0 Å². The fraction of sp³-hybridized carbons (Fsp3) is 0.605. The molecule has 5 unspecified atom stereocenters. The van der Waals surface area contributed by atoms with Crippen LogP contribution < -0.4 is 9.47 Å². The van der Waals surface area contributed by atoms with E-state index in [1.54, 1.807) is 19.1 Å². The topological polar surface area (TPSA) is 108 Å². The van der Waals surface area contributed by atoms with Crippen molar-refractivity contribution in [2.45, 2.75) is 116 Å². The summed E-state index contributed by atoms with van der Waals surface area (Å²) in [5.41, 5.74) is -0.973. The molecule has 4 saturated carbocycles. The smallest absolute Gasteiger partial charge is 0.298 e. The van der Waals surface area contributed by atoms with Crippen LogP contribution in [0.15, 0.2) is 35.1 Å². The molecule has 0 radical (unpaired) electrons. The molecule has 10 rings (SSSR count). The number of phenols is 1. The number of phenolic OH excluding ortho intramolecular Hbond substituents is 1. The van der Waals surface area contributed by atoms with E-state index in [9.17, 15) is 19.5 Å². The zero-order chi connectivity index (χ0) is 32.9. The first kappa shape index (κ1) is 30.0. The number of ether oxygens (including phenoxy) is 4. The van der Waals surface area contributed by atoms with Crippen LogP contribution in [0.3, 0.4) is 0 Å². The summed E-state index contributed by atoms with van der Waals surface area (Å²) in [6.07, 6.45) is 8.48. The molecular formula is C38H44O8. The second-order valence-electron chi connectivity index (χ2n) is 16.4. The van der Waals surface area contributed by atoms with Crippen LogP contribution in [0.1, 0.15) is 108 Å². The van der Waals surface area contributed by atoms with Crippen molar-refractivity contribution in [3.63, 3.8) is 0 Å². The average Bonchev–Trinajstić information content (AvgIpc) is 3.12. The van der Waals surface area contributed by atoms with E-state index < -0.39 is 28.3 Å². The van der Waals surface area contributed by atoms with Gasteiger partial charge in [0.25, 0.3) is 6.47 Å². The second-order valence-corrected chi connectivity index (χ2v) is 16.4. The highest BCUT2D eigenvalue weighted by Gasteiger charge is 2.81. The Morgan fingerprint density at radius 3 is 2.48 bits per heavy atom. The molecule has 1 aromatic carbocycles. The number of carbonyl (C=O) groups excluding carboxylic acids is 3.